The number of ether oxygens (including phenoxy) is 1. The second-order valence-electron chi connectivity index (χ2n) is 9.17. The lowest BCUT2D eigenvalue weighted by atomic mass is 9.49. The van der Waals surface area contributed by atoms with E-state index in [4.69, 9.17) is 9.15 Å². The summed E-state index contributed by atoms with van der Waals surface area (Å²) in [5.41, 5.74) is 1.01. The van der Waals surface area contributed by atoms with Gasteiger partial charge in [0, 0.05) is 21.8 Å². The van der Waals surface area contributed by atoms with Gasteiger partial charge in [0.25, 0.3) is 0 Å². The minimum Gasteiger partial charge on any atom is -0.426 e. The highest BCUT2D eigenvalue weighted by atomic mass is 79.9. The van der Waals surface area contributed by atoms with Gasteiger partial charge in [-0.15, -0.1) is 0 Å². The molecule has 27 heavy (non-hydrogen) atoms. The van der Waals surface area contributed by atoms with Crippen LogP contribution in [0.1, 0.15) is 50.5 Å². The second-order valence-corrected chi connectivity index (χ2v) is 10.9. The van der Waals surface area contributed by atoms with Gasteiger partial charge in [-0.25, -0.2) is 4.79 Å². The summed E-state index contributed by atoms with van der Waals surface area (Å²) in [6, 6.07) is 6.73. The molecule has 4 aliphatic rings. The summed E-state index contributed by atoms with van der Waals surface area (Å²) < 4.78 is 11.2. The Kier molecular flexibility index (Phi) is 3.84. The van der Waals surface area contributed by atoms with Crippen LogP contribution < -0.4 is 10.4 Å². The SMILES string of the molecule is Cc1cc(=O)oc2cc(OC(=O)CC34CC5CC(CC(Br)(C5)C3)C4)ccc12. The number of carbonyl (C=O) groups excluding carboxylic acids is 1. The number of rotatable bonds is 3. The smallest absolute Gasteiger partial charge is 0.336 e. The topological polar surface area (TPSA) is 56.5 Å². The maximum Gasteiger partial charge on any atom is 0.336 e. The quantitative estimate of drug-likeness (QED) is 0.293. The Hall–Kier alpha value is -1.62. The Bertz CT molecular complexity index is 977. The molecule has 0 radical (unpaired) electrons. The summed E-state index contributed by atoms with van der Waals surface area (Å²) in [7, 11) is 0. The van der Waals surface area contributed by atoms with Crippen LogP contribution in [0.15, 0.2) is 33.5 Å². The zero-order valence-electron chi connectivity index (χ0n) is 15.4. The van der Waals surface area contributed by atoms with Gasteiger partial charge in [-0.05, 0) is 80.4 Å². The van der Waals surface area contributed by atoms with Gasteiger partial charge in [0.05, 0.1) is 6.42 Å². The molecule has 1 aromatic heterocycles. The molecule has 2 atom stereocenters. The zero-order valence-corrected chi connectivity index (χ0v) is 17.0. The highest BCUT2D eigenvalue weighted by Gasteiger charge is 2.57. The van der Waals surface area contributed by atoms with Crippen molar-refractivity contribution in [2.75, 3.05) is 0 Å². The molecule has 2 unspecified atom stereocenters. The van der Waals surface area contributed by atoms with Crippen LogP contribution in [0.4, 0.5) is 0 Å². The first kappa shape index (κ1) is 17.5. The summed E-state index contributed by atoms with van der Waals surface area (Å²) in [6.45, 7) is 1.87. The van der Waals surface area contributed by atoms with Crippen LogP contribution >= 0.6 is 15.9 Å². The minimum atomic E-state index is -0.389. The Labute approximate surface area is 166 Å². The van der Waals surface area contributed by atoms with Crippen molar-refractivity contribution in [3.63, 3.8) is 0 Å². The Morgan fingerprint density at radius 1 is 1.22 bits per heavy atom. The van der Waals surface area contributed by atoms with E-state index in [2.05, 4.69) is 15.9 Å². The molecule has 2 aromatic rings. The molecule has 6 rings (SSSR count). The molecule has 4 aliphatic carbocycles. The first-order valence-electron chi connectivity index (χ1n) is 9.76. The van der Waals surface area contributed by atoms with E-state index in [1.54, 1.807) is 12.1 Å². The molecule has 0 N–H and O–H groups in total. The van der Waals surface area contributed by atoms with E-state index in [9.17, 15) is 9.59 Å². The van der Waals surface area contributed by atoms with E-state index in [1.807, 2.05) is 13.0 Å². The van der Waals surface area contributed by atoms with Crippen molar-refractivity contribution < 1.29 is 13.9 Å². The monoisotopic (exact) mass is 430 g/mol. The molecule has 4 saturated carbocycles. The van der Waals surface area contributed by atoms with Crippen molar-refractivity contribution in [3.05, 3.63) is 40.2 Å². The van der Waals surface area contributed by atoms with Crippen LogP contribution in [-0.2, 0) is 4.79 Å². The van der Waals surface area contributed by atoms with E-state index in [0.29, 0.717) is 17.8 Å². The number of hydrogen-bond acceptors (Lipinski definition) is 4. The van der Waals surface area contributed by atoms with Crippen molar-refractivity contribution in [2.24, 2.45) is 17.3 Å². The van der Waals surface area contributed by atoms with E-state index < -0.39 is 0 Å². The maximum absolute atomic E-state index is 12.7. The molecule has 0 aliphatic heterocycles. The van der Waals surface area contributed by atoms with Crippen LogP contribution in [0.2, 0.25) is 0 Å². The zero-order chi connectivity index (χ0) is 18.8. The Balaban J connectivity index is 1.35. The maximum atomic E-state index is 12.7. The third kappa shape index (κ3) is 3.14. The summed E-state index contributed by atoms with van der Waals surface area (Å²) >= 11 is 4.00. The van der Waals surface area contributed by atoms with Gasteiger partial charge in [-0.1, -0.05) is 15.9 Å². The number of aryl methyl sites for hydroxylation is 1. The number of carbonyl (C=O) groups is 1. The third-order valence-corrected chi connectivity index (χ3v) is 7.71. The normalized spacial score (nSPS) is 34.1. The first-order chi connectivity index (χ1) is 12.8. The third-order valence-electron chi connectivity index (χ3n) is 6.78. The van der Waals surface area contributed by atoms with Gasteiger partial charge >= 0.3 is 11.6 Å². The molecular formula is C22H23BrO4. The van der Waals surface area contributed by atoms with Gasteiger partial charge in [0.2, 0.25) is 0 Å². The van der Waals surface area contributed by atoms with Crippen molar-refractivity contribution in [3.8, 4) is 5.75 Å². The number of alkyl halides is 1. The van der Waals surface area contributed by atoms with Gasteiger partial charge in [-0.2, -0.15) is 0 Å². The van der Waals surface area contributed by atoms with Gasteiger partial charge in [-0.3, -0.25) is 4.79 Å². The highest BCUT2D eigenvalue weighted by molar-refractivity contribution is 9.10. The van der Waals surface area contributed by atoms with Crippen LogP contribution in [0.3, 0.4) is 0 Å². The van der Waals surface area contributed by atoms with E-state index >= 15 is 0 Å². The van der Waals surface area contributed by atoms with E-state index in [0.717, 1.165) is 42.0 Å². The standard InChI is InChI=1S/C22H23BrO4/c1-13-4-19(24)27-18-6-16(2-3-17(13)18)26-20(25)11-21-7-14-5-15(8-21)10-22(23,9-14)12-21/h2-4,6,14-15H,5,7-12H2,1H3. The number of fused-ring (bicyclic) bond motifs is 1. The summed E-state index contributed by atoms with van der Waals surface area (Å²) in [5, 5.41) is 0.858. The fourth-order valence-electron chi connectivity index (χ4n) is 6.39. The lowest BCUT2D eigenvalue weighted by Crippen LogP contribution is -2.53. The average Bonchev–Trinajstić information content (AvgIpc) is 2.50. The van der Waals surface area contributed by atoms with Crippen LogP contribution in [-0.4, -0.2) is 10.3 Å². The first-order valence-corrected chi connectivity index (χ1v) is 10.6. The fraction of sp³-hybridized carbons (Fsp3) is 0.545. The van der Waals surface area contributed by atoms with Gasteiger partial charge < -0.3 is 9.15 Å². The van der Waals surface area contributed by atoms with Gasteiger partial charge in [0.15, 0.2) is 0 Å². The lowest BCUT2D eigenvalue weighted by molar-refractivity contribution is -0.141. The number of hydrogen-bond donors (Lipinski definition) is 0. The van der Waals surface area contributed by atoms with Crippen LogP contribution in [0.25, 0.3) is 11.0 Å². The van der Waals surface area contributed by atoms with Crippen molar-refractivity contribution in [1.82, 2.24) is 0 Å². The minimum absolute atomic E-state index is 0.0880. The molecule has 0 spiro atoms. The Morgan fingerprint density at radius 2 is 1.96 bits per heavy atom. The van der Waals surface area contributed by atoms with Gasteiger partial charge in [0.1, 0.15) is 11.3 Å². The number of benzene rings is 1. The molecule has 0 saturated heterocycles. The average molecular weight is 431 g/mol. The molecule has 4 fully saturated rings. The molecular weight excluding hydrogens is 408 g/mol. The molecule has 5 heteroatoms. The molecule has 0 amide bonds. The largest absolute Gasteiger partial charge is 0.426 e. The van der Waals surface area contributed by atoms with Crippen molar-refractivity contribution in [1.29, 1.82) is 0 Å². The van der Waals surface area contributed by atoms with Crippen molar-refractivity contribution >= 4 is 32.9 Å². The summed E-state index contributed by atoms with van der Waals surface area (Å²) in [5.74, 6) is 1.76. The van der Waals surface area contributed by atoms with Crippen LogP contribution in [0.5, 0.6) is 5.75 Å². The molecule has 1 heterocycles. The fourth-order valence-corrected chi connectivity index (χ4v) is 7.90. The molecule has 1 aromatic carbocycles. The molecule has 4 nitrogen and oxygen atoms in total. The van der Waals surface area contributed by atoms with Crippen LogP contribution in [0, 0.1) is 24.2 Å². The predicted molar refractivity (Wildman–Crippen MR) is 106 cm³/mol. The Morgan fingerprint density at radius 3 is 2.67 bits per heavy atom. The lowest BCUT2D eigenvalue weighted by Gasteiger charge is -2.60. The molecule has 4 bridgehead atoms. The second kappa shape index (κ2) is 5.94. The highest BCUT2D eigenvalue weighted by Crippen LogP contribution is 2.65. The summed E-state index contributed by atoms with van der Waals surface area (Å²) in [4.78, 5) is 24.3. The van der Waals surface area contributed by atoms with E-state index in [1.165, 1.54) is 25.3 Å². The summed E-state index contributed by atoms with van der Waals surface area (Å²) in [6.07, 6.45) is 7.69. The number of halogens is 1. The molecule has 142 valence electrons. The number of esters is 1. The predicted octanol–water partition coefficient (Wildman–Crippen LogP) is 5.13. The van der Waals surface area contributed by atoms with Crippen molar-refractivity contribution in [2.45, 2.75) is 56.2 Å². The van der Waals surface area contributed by atoms with E-state index in [-0.39, 0.29) is 21.3 Å².